The molecule has 0 saturated carbocycles. The number of carbonyl (C=O) groups is 3. The van der Waals surface area contributed by atoms with Crippen molar-refractivity contribution < 1.29 is 29.0 Å². The molecule has 3 aliphatic rings. The summed E-state index contributed by atoms with van der Waals surface area (Å²) < 4.78 is 12.0. The minimum absolute atomic E-state index is 0.0378. The quantitative estimate of drug-likeness (QED) is 0.402. The van der Waals surface area contributed by atoms with Gasteiger partial charge >= 0.3 is 5.97 Å². The van der Waals surface area contributed by atoms with Crippen LogP contribution in [-0.4, -0.2) is 82.3 Å². The monoisotopic (exact) mass is 450 g/mol. The molecule has 1 N–H and O–H groups in total. The van der Waals surface area contributed by atoms with Gasteiger partial charge in [0.15, 0.2) is 0 Å². The highest BCUT2D eigenvalue weighted by molar-refractivity contribution is 5.98. The van der Waals surface area contributed by atoms with Gasteiger partial charge in [-0.15, -0.1) is 6.58 Å². The first kappa shape index (κ1) is 24.7. The van der Waals surface area contributed by atoms with E-state index in [4.69, 9.17) is 9.47 Å². The molecule has 0 aromatic carbocycles. The van der Waals surface area contributed by atoms with Crippen molar-refractivity contribution in [3.63, 3.8) is 0 Å². The molecule has 8 nitrogen and oxygen atoms in total. The van der Waals surface area contributed by atoms with Crippen LogP contribution in [0.3, 0.4) is 0 Å². The molecule has 7 atom stereocenters. The Kier molecular flexibility index (Phi) is 7.05. The number of likely N-dealkylation sites (tertiary alicyclic amines) is 1. The average Bonchev–Trinajstić information content (AvgIpc) is 3.27. The van der Waals surface area contributed by atoms with Crippen molar-refractivity contribution in [3.05, 3.63) is 12.7 Å². The minimum atomic E-state index is -1.12. The molecule has 3 aliphatic heterocycles. The van der Waals surface area contributed by atoms with Crippen LogP contribution >= 0.6 is 0 Å². The van der Waals surface area contributed by atoms with Gasteiger partial charge in [-0.3, -0.25) is 14.4 Å². The van der Waals surface area contributed by atoms with Crippen molar-refractivity contribution in [1.29, 1.82) is 0 Å². The van der Waals surface area contributed by atoms with Crippen LogP contribution in [-0.2, 0) is 23.9 Å². The fourth-order valence-electron chi connectivity index (χ4n) is 6.08. The second kappa shape index (κ2) is 9.14. The summed E-state index contributed by atoms with van der Waals surface area (Å²) in [7, 11) is 0. The number of unbranched alkanes of at least 4 members (excludes halogenated alkanes) is 1. The highest BCUT2D eigenvalue weighted by atomic mass is 16.6. The summed E-state index contributed by atoms with van der Waals surface area (Å²) >= 11 is 0. The van der Waals surface area contributed by atoms with Gasteiger partial charge in [0.1, 0.15) is 17.6 Å². The van der Waals surface area contributed by atoms with Gasteiger partial charge in [-0.05, 0) is 39.5 Å². The maximum atomic E-state index is 14.0. The maximum absolute atomic E-state index is 14.0. The van der Waals surface area contributed by atoms with Crippen LogP contribution in [0.4, 0.5) is 0 Å². The van der Waals surface area contributed by atoms with E-state index >= 15 is 0 Å². The molecule has 0 aromatic rings. The third-order valence-corrected chi connectivity index (χ3v) is 7.71. The minimum Gasteiger partial charge on any atom is -0.466 e. The van der Waals surface area contributed by atoms with Crippen molar-refractivity contribution in [3.8, 4) is 0 Å². The van der Waals surface area contributed by atoms with E-state index in [2.05, 4.69) is 13.5 Å². The first-order valence-electron chi connectivity index (χ1n) is 11.8. The Labute approximate surface area is 190 Å². The Morgan fingerprint density at radius 1 is 1.44 bits per heavy atom. The summed E-state index contributed by atoms with van der Waals surface area (Å²) in [6.45, 7) is 14.0. The van der Waals surface area contributed by atoms with Crippen molar-refractivity contribution in [2.24, 2.45) is 17.8 Å². The third-order valence-electron chi connectivity index (χ3n) is 7.71. The van der Waals surface area contributed by atoms with E-state index in [0.717, 1.165) is 12.8 Å². The Morgan fingerprint density at radius 2 is 2.12 bits per heavy atom. The fraction of sp³-hybridized carbons (Fsp3) is 0.792. The van der Waals surface area contributed by atoms with E-state index in [9.17, 15) is 19.5 Å². The number of aliphatic hydroxyl groups excluding tert-OH is 1. The van der Waals surface area contributed by atoms with Crippen LogP contribution < -0.4 is 0 Å². The molecule has 32 heavy (non-hydrogen) atoms. The second-order valence-corrected chi connectivity index (χ2v) is 9.66. The van der Waals surface area contributed by atoms with Gasteiger partial charge in [0, 0.05) is 13.1 Å². The molecule has 3 rings (SSSR count). The lowest BCUT2D eigenvalue weighted by atomic mass is 9.62. The summed E-state index contributed by atoms with van der Waals surface area (Å²) in [4.78, 5) is 44.0. The number of nitrogens with zero attached hydrogens (tertiary/aromatic N) is 2. The number of aliphatic hydroxyl groups is 1. The smallest absolute Gasteiger partial charge is 0.312 e. The van der Waals surface area contributed by atoms with Crippen molar-refractivity contribution in [2.75, 3.05) is 26.3 Å². The molecular weight excluding hydrogens is 412 g/mol. The zero-order valence-corrected chi connectivity index (χ0v) is 20.0. The number of hydrogen-bond donors (Lipinski definition) is 1. The molecule has 3 saturated heterocycles. The number of carbonyl (C=O) groups excluding carboxylic acids is 3. The summed E-state index contributed by atoms with van der Waals surface area (Å²) in [6.07, 6.45) is 3.92. The van der Waals surface area contributed by atoms with Gasteiger partial charge < -0.3 is 24.4 Å². The number of esters is 1. The summed E-state index contributed by atoms with van der Waals surface area (Å²) in [6, 6.07) is -1.48. The molecule has 8 heteroatoms. The predicted molar refractivity (Wildman–Crippen MR) is 118 cm³/mol. The van der Waals surface area contributed by atoms with Gasteiger partial charge in [-0.25, -0.2) is 0 Å². The Hall–Kier alpha value is -1.93. The van der Waals surface area contributed by atoms with Crippen LogP contribution in [0.15, 0.2) is 12.7 Å². The lowest BCUT2D eigenvalue weighted by molar-refractivity contribution is -0.163. The summed E-state index contributed by atoms with van der Waals surface area (Å²) in [5, 5.41) is 9.92. The summed E-state index contributed by atoms with van der Waals surface area (Å²) in [5.41, 5.74) is -2.00. The zero-order chi connectivity index (χ0) is 23.8. The topological polar surface area (TPSA) is 96.4 Å². The van der Waals surface area contributed by atoms with Crippen LogP contribution in [0, 0.1) is 17.8 Å². The molecular formula is C24H38N2O6. The van der Waals surface area contributed by atoms with Gasteiger partial charge in [0.05, 0.1) is 30.8 Å². The largest absolute Gasteiger partial charge is 0.466 e. The lowest BCUT2D eigenvalue weighted by Crippen LogP contribution is -2.58. The highest BCUT2D eigenvalue weighted by Crippen LogP contribution is 2.65. The normalized spacial score (nSPS) is 36.2. The number of fused-ring (bicyclic) bond motifs is 1. The molecule has 3 fully saturated rings. The third kappa shape index (κ3) is 3.46. The molecule has 3 unspecified atom stereocenters. The van der Waals surface area contributed by atoms with Gasteiger partial charge in [-0.2, -0.15) is 0 Å². The molecule has 0 aromatic heterocycles. The van der Waals surface area contributed by atoms with Gasteiger partial charge in [0.25, 0.3) is 0 Å². The molecule has 2 amide bonds. The number of rotatable bonds is 10. The molecule has 2 bridgehead atoms. The first-order valence-corrected chi connectivity index (χ1v) is 11.8. The molecule has 0 aliphatic carbocycles. The SMILES string of the molecule is C=CCN(CCCC)C(=O)C1N([C@H](C)CO)C(=O)[C@@H]2[C@H](C(=O)OCC)[C@@]3(C)OC12CC3C. The Balaban J connectivity index is 2.11. The molecule has 3 heterocycles. The number of amides is 2. The molecule has 0 radical (unpaired) electrons. The average molecular weight is 451 g/mol. The van der Waals surface area contributed by atoms with Gasteiger partial charge in [0.2, 0.25) is 11.8 Å². The molecule has 1 spiro atoms. The Bertz CT molecular complexity index is 772. The summed E-state index contributed by atoms with van der Waals surface area (Å²) in [5.74, 6) is -2.61. The standard InChI is InChI=1S/C24H38N2O6/c1-7-10-12-25(11-8-2)21(29)19-24-13-15(4)23(6,32-24)18(22(30)31-9-3)17(24)20(28)26(19)16(5)14-27/h8,15-19,27H,2,7,9-14H2,1,3-6H3/t15?,16-,17+,18-,19?,23+,24?/m1/s1. The van der Waals surface area contributed by atoms with Gasteiger partial charge in [-0.1, -0.05) is 26.3 Å². The fourth-order valence-corrected chi connectivity index (χ4v) is 6.08. The van der Waals surface area contributed by atoms with E-state index in [1.807, 2.05) is 13.8 Å². The maximum Gasteiger partial charge on any atom is 0.312 e. The Morgan fingerprint density at radius 3 is 2.69 bits per heavy atom. The first-order chi connectivity index (χ1) is 15.1. The van der Waals surface area contributed by atoms with E-state index in [1.54, 1.807) is 24.8 Å². The number of ether oxygens (including phenoxy) is 2. The van der Waals surface area contributed by atoms with Crippen molar-refractivity contribution in [1.82, 2.24) is 9.80 Å². The van der Waals surface area contributed by atoms with E-state index in [0.29, 0.717) is 19.5 Å². The van der Waals surface area contributed by atoms with E-state index < -0.39 is 41.1 Å². The lowest BCUT2D eigenvalue weighted by Gasteiger charge is -2.38. The predicted octanol–water partition coefficient (Wildman–Crippen LogP) is 1.76. The van der Waals surface area contributed by atoms with Crippen molar-refractivity contribution in [2.45, 2.75) is 77.2 Å². The van der Waals surface area contributed by atoms with Crippen LogP contribution in [0.5, 0.6) is 0 Å². The van der Waals surface area contributed by atoms with Crippen LogP contribution in [0.25, 0.3) is 0 Å². The number of hydrogen-bond acceptors (Lipinski definition) is 6. The molecule has 180 valence electrons. The van der Waals surface area contributed by atoms with Crippen LogP contribution in [0.1, 0.15) is 53.9 Å². The van der Waals surface area contributed by atoms with Crippen molar-refractivity contribution >= 4 is 17.8 Å². The van der Waals surface area contributed by atoms with E-state index in [-0.39, 0.29) is 30.9 Å². The van der Waals surface area contributed by atoms with Crippen LogP contribution in [0.2, 0.25) is 0 Å². The highest BCUT2D eigenvalue weighted by Gasteiger charge is 2.80. The zero-order valence-electron chi connectivity index (χ0n) is 20.0. The van der Waals surface area contributed by atoms with E-state index in [1.165, 1.54) is 4.90 Å². The second-order valence-electron chi connectivity index (χ2n) is 9.66.